The molecule has 0 amide bonds. The van der Waals surface area contributed by atoms with Gasteiger partial charge in [0.05, 0.1) is 0 Å². The molecule has 0 spiro atoms. The van der Waals surface area contributed by atoms with E-state index in [0.29, 0.717) is 0 Å². The lowest BCUT2D eigenvalue weighted by molar-refractivity contribution is 0.677. The van der Waals surface area contributed by atoms with Crippen LogP contribution in [0.25, 0.3) is 0 Å². The number of hydrogen-bond donors (Lipinski definition) is 0. The van der Waals surface area contributed by atoms with Crippen molar-refractivity contribution in [1.29, 1.82) is 0 Å². The number of unbranched alkanes of at least 4 members (excludes halogenated alkanes) is 2. The lowest BCUT2D eigenvalue weighted by Gasteiger charge is -2.07. The number of allylic oxidation sites excluding steroid dienone is 5. The van der Waals surface area contributed by atoms with Crippen LogP contribution < -0.4 is 0 Å². The predicted molar refractivity (Wildman–Crippen MR) is 116 cm³/mol. The van der Waals surface area contributed by atoms with Crippen molar-refractivity contribution in [2.45, 2.75) is 86.0 Å². The van der Waals surface area contributed by atoms with Crippen LogP contribution in [0.4, 0.5) is 0 Å². The zero-order valence-corrected chi connectivity index (χ0v) is 17.4. The zero-order valence-electron chi connectivity index (χ0n) is 17.4. The molecule has 0 aromatic heterocycles. The molecule has 0 bridgehead atoms. The van der Waals surface area contributed by atoms with Crippen LogP contribution in [0.3, 0.4) is 0 Å². The molecule has 0 atom stereocenters. The summed E-state index contributed by atoms with van der Waals surface area (Å²) < 4.78 is 0. The van der Waals surface area contributed by atoms with Crippen molar-refractivity contribution in [2.75, 3.05) is 0 Å². The van der Waals surface area contributed by atoms with E-state index in [9.17, 15) is 0 Å². The van der Waals surface area contributed by atoms with E-state index in [4.69, 9.17) is 0 Å². The highest BCUT2D eigenvalue weighted by molar-refractivity contribution is 5.25. The number of benzene rings is 1. The molecule has 1 aliphatic rings. The van der Waals surface area contributed by atoms with Gasteiger partial charge in [-0.2, -0.15) is 0 Å². The fourth-order valence-corrected chi connectivity index (χ4v) is 2.86. The molecule has 1 aromatic rings. The van der Waals surface area contributed by atoms with Gasteiger partial charge < -0.3 is 0 Å². The van der Waals surface area contributed by atoms with Crippen LogP contribution in [0.15, 0.2) is 60.2 Å². The van der Waals surface area contributed by atoms with Gasteiger partial charge in [0, 0.05) is 0 Å². The highest BCUT2D eigenvalue weighted by atomic mass is 14.0. The number of rotatable bonds is 8. The lowest BCUT2D eigenvalue weighted by atomic mass is 9.99. The smallest absolute Gasteiger partial charge is 0.00726 e. The molecule has 0 fully saturated rings. The van der Waals surface area contributed by atoms with Gasteiger partial charge in [-0.05, 0) is 63.0 Å². The Balaban J connectivity index is 0.00000134. The third kappa shape index (κ3) is 11.6. The summed E-state index contributed by atoms with van der Waals surface area (Å²) in [6, 6.07) is 9.07. The van der Waals surface area contributed by atoms with Gasteiger partial charge in [0.2, 0.25) is 0 Å². The van der Waals surface area contributed by atoms with E-state index < -0.39 is 0 Å². The number of hydrogen-bond acceptors (Lipinski definition) is 0. The van der Waals surface area contributed by atoms with E-state index in [1.807, 2.05) is 27.7 Å². The van der Waals surface area contributed by atoms with Crippen molar-refractivity contribution >= 4 is 0 Å². The molecule has 0 heteroatoms. The summed E-state index contributed by atoms with van der Waals surface area (Å²) in [5, 5.41) is 0. The van der Waals surface area contributed by atoms with Crippen LogP contribution in [0.5, 0.6) is 0 Å². The molecule has 0 saturated heterocycles. The van der Waals surface area contributed by atoms with Crippen molar-refractivity contribution < 1.29 is 0 Å². The maximum atomic E-state index is 3.97. The van der Waals surface area contributed by atoms with Crippen LogP contribution in [-0.2, 0) is 12.8 Å². The lowest BCUT2D eigenvalue weighted by Crippen LogP contribution is -1.90. The minimum Gasteiger partial charge on any atom is -0.0998 e. The van der Waals surface area contributed by atoms with Gasteiger partial charge in [-0.15, -0.1) is 0 Å². The second kappa shape index (κ2) is 15.9. The molecule has 0 nitrogen and oxygen atoms in total. The largest absolute Gasteiger partial charge is 0.0998 e. The Kier molecular flexibility index (Phi) is 14.9. The molecule has 0 saturated carbocycles. The first-order chi connectivity index (χ1) is 12.2. The molecule has 25 heavy (non-hydrogen) atoms. The van der Waals surface area contributed by atoms with Gasteiger partial charge in [-0.3, -0.25) is 0 Å². The molecular formula is C25H40. The van der Waals surface area contributed by atoms with Crippen LogP contribution in [0.2, 0.25) is 0 Å². The first-order valence-corrected chi connectivity index (χ1v) is 10.3. The summed E-state index contributed by atoms with van der Waals surface area (Å²) in [7, 11) is 0. The maximum Gasteiger partial charge on any atom is -0.00726 e. The van der Waals surface area contributed by atoms with Crippen LogP contribution in [0.1, 0.15) is 84.3 Å². The Morgan fingerprint density at radius 2 is 1.44 bits per heavy atom. The van der Waals surface area contributed by atoms with E-state index in [1.165, 1.54) is 61.6 Å². The normalized spacial score (nSPS) is 12.3. The quantitative estimate of drug-likeness (QED) is 0.330. The second-order valence-corrected chi connectivity index (χ2v) is 6.27. The van der Waals surface area contributed by atoms with E-state index in [2.05, 4.69) is 56.0 Å². The Hall–Kier alpha value is -1.56. The van der Waals surface area contributed by atoms with Gasteiger partial charge in [-0.25, -0.2) is 0 Å². The first-order valence-electron chi connectivity index (χ1n) is 10.3. The summed E-state index contributed by atoms with van der Waals surface area (Å²) in [4.78, 5) is 0. The Morgan fingerprint density at radius 3 is 2.00 bits per heavy atom. The SMILES string of the molecule is C=C(C)Cc1ccc(CCCCCC2=CCCC=C2)cc1.CC.CC. The molecule has 1 aromatic carbocycles. The fourth-order valence-electron chi connectivity index (χ4n) is 2.86. The van der Waals surface area contributed by atoms with Gasteiger partial charge in [0.25, 0.3) is 0 Å². The summed E-state index contributed by atoms with van der Waals surface area (Å²) in [6.07, 6.45) is 16.9. The molecule has 2 rings (SSSR count). The molecule has 0 aliphatic heterocycles. The van der Waals surface area contributed by atoms with E-state index in [1.54, 1.807) is 5.57 Å². The molecule has 1 aliphatic carbocycles. The van der Waals surface area contributed by atoms with Crippen LogP contribution >= 0.6 is 0 Å². The summed E-state index contributed by atoms with van der Waals surface area (Å²) in [6.45, 7) is 14.1. The minimum atomic E-state index is 1.00. The van der Waals surface area contributed by atoms with Gasteiger partial charge in [0.15, 0.2) is 0 Å². The van der Waals surface area contributed by atoms with Gasteiger partial charge in [0.1, 0.15) is 0 Å². The van der Waals surface area contributed by atoms with Crippen molar-refractivity contribution in [1.82, 2.24) is 0 Å². The van der Waals surface area contributed by atoms with Crippen molar-refractivity contribution in [3.05, 3.63) is 71.3 Å². The van der Waals surface area contributed by atoms with Crippen molar-refractivity contribution in [2.24, 2.45) is 0 Å². The molecular weight excluding hydrogens is 300 g/mol. The van der Waals surface area contributed by atoms with E-state index >= 15 is 0 Å². The third-order valence-electron chi connectivity index (χ3n) is 4.03. The molecule has 0 unspecified atom stereocenters. The topological polar surface area (TPSA) is 0 Å². The Labute approximate surface area is 157 Å². The summed E-state index contributed by atoms with van der Waals surface area (Å²) in [5.41, 5.74) is 5.62. The van der Waals surface area contributed by atoms with Crippen molar-refractivity contribution in [3.63, 3.8) is 0 Å². The Bertz CT molecular complexity index is 499. The van der Waals surface area contributed by atoms with Crippen molar-refractivity contribution in [3.8, 4) is 0 Å². The third-order valence-corrected chi connectivity index (χ3v) is 4.03. The van der Waals surface area contributed by atoms with Gasteiger partial charge >= 0.3 is 0 Å². The average Bonchev–Trinajstić information content (AvgIpc) is 2.66. The zero-order chi connectivity index (χ0) is 18.9. The maximum absolute atomic E-state index is 3.97. The standard InChI is InChI=1S/C21H28.2C2H6/c1-18(2)17-21-15-13-20(14-16-21)12-8-4-7-11-19-9-5-3-6-10-19;2*1-2/h5,9-10,13-16H,1,3-4,6-8,11-12,17H2,2H3;2*1-2H3. The first kappa shape index (κ1) is 23.4. The van der Waals surface area contributed by atoms with Gasteiger partial charge in [-0.1, -0.05) is 94.3 Å². The summed E-state index contributed by atoms with van der Waals surface area (Å²) in [5.74, 6) is 0. The van der Waals surface area contributed by atoms with E-state index in [-0.39, 0.29) is 0 Å². The molecule has 0 N–H and O–H groups in total. The predicted octanol–water partition coefficient (Wildman–Crippen LogP) is 8.24. The second-order valence-electron chi connectivity index (χ2n) is 6.27. The highest BCUT2D eigenvalue weighted by Gasteiger charge is 1.99. The Morgan fingerprint density at radius 1 is 0.840 bits per heavy atom. The molecule has 0 radical (unpaired) electrons. The highest BCUT2D eigenvalue weighted by Crippen LogP contribution is 2.17. The average molecular weight is 341 g/mol. The summed E-state index contributed by atoms with van der Waals surface area (Å²) >= 11 is 0. The molecule has 0 heterocycles. The van der Waals surface area contributed by atoms with Crippen LogP contribution in [-0.4, -0.2) is 0 Å². The van der Waals surface area contributed by atoms with E-state index in [0.717, 1.165) is 6.42 Å². The monoisotopic (exact) mass is 340 g/mol. The minimum absolute atomic E-state index is 1.00. The fraction of sp³-hybridized carbons (Fsp3) is 0.520. The molecule has 140 valence electrons. The van der Waals surface area contributed by atoms with Crippen LogP contribution in [0, 0.1) is 0 Å². The number of aryl methyl sites for hydroxylation is 1.